The zero-order valence-corrected chi connectivity index (χ0v) is 37.9. The second kappa shape index (κ2) is 33.6. The van der Waals surface area contributed by atoms with E-state index in [1.165, 1.54) is 57.8 Å². The van der Waals surface area contributed by atoms with Gasteiger partial charge in [0.15, 0.2) is 0 Å². The van der Waals surface area contributed by atoms with Gasteiger partial charge < -0.3 is 44.6 Å². The molecule has 0 atom stereocenters. The summed E-state index contributed by atoms with van der Waals surface area (Å²) in [5.74, 6) is 0. The molecule has 0 spiro atoms. The molecule has 0 aromatic heterocycles. The molecule has 0 radical (unpaired) electrons. The molecule has 0 saturated heterocycles. The van der Waals surface area contributed by atoms with Gasteiger partial charge in [-0.1, -0.05) is 88.0 Å². The minimum atomic E-state index is 0. The smallest absolute Gasteiger partial charge is 0 e. The van der Waals surface area contributed by atoms with Crippen molar-refractivity contribution in [2.75, 3.05) is 45.8 Å². The van der Waals surface area contributed by atoms with Crippen molar-refractivity contribution in [3.8, 4) is 0 Å². The molecule has 4 aliphatic rings. The van der Waals surface area contributed by atoms with Crippen LogP contribution in [0.3, 0.4) is 0 Å². The Morgan fingerprint density at radius 1 is 0.517 bits per heavy atom. The number of benzene rings is 2. The Hall–Kier alpha value is -3.25. The van der Waals surface area contributed by atoms with Crippen molar-refractivity contribution >= 4 is 39.2 Å². The molecule has 2 aromatic rings. The maximum Gasteiger partial charge on any atom is 0 e. The van der Waals surface area contributed by atoms with Crippen LogP contribution >= 0.6 is 10.2 Å². The van der Waals surface area contributed by atoms with Crippen LogP contribution in [0, 0.1) is 38.8 Å². The maximum atomic E-state index is 7.44. The molecule has 0 saturated carbocycles. The van der Waals surface area contributed by atoms with E-state index in [2.05, 4.69) is 230 Å². The van der Waals surface area contributed by atoms with Gasteiger partial charge in [-0.15, -0.1) is 59.1 Å². The van der Waals surface area contributed by atoms with Gasteiger partial charge in [-0.25, -0.2) is 6.21 Å². The van der Waals surface area contributed by atoms with Gasteiger partial charge in [-0.2, -0.15) is 38.8 Å². The molecular formula is C46H70ClN9Ni2-7. The van der Waals surface area contributed by atoms with E-state index < -0.39 is 0 Å². The number of nitrogens with zero attached hydrogens (tertiary/aromatic N) is 9. The van der Waals surface area contributed by atoms with Gasteiger partial charge in [0.1, 0.15) is 0 Å². The van der Waals surface area contributed by atoms with E-state index in [1.54, 1.807) is 6.92 Å². The number of hydrogen-bond donors (Lipinski definition) is 0. The molecule has 0 N–H and O–H groups in total. The monoisotopic (exact) mass is 899 g/mol. The summed E-state index contributed by atoms with van der Waals surface area (Å²) in [6.45, 7) is 27.5. The molecule has 12 heteroatoms. The van der Waals surface area contributed by atoms with Crippen LogP contribution in [-0.2, 0) is 31.1 Å². The van der Waals surface area contributed by atoms with Crippen LogP contribution in [0.5, 0.6) is 0 Å². The second-order valence-electron chi connectivity index (χ2n) is 13.5. The van der Waals surface area contributed by atoms with Crippen LogP contribution in [0.2, 0.25) is 0 Å². The Labute approximate surface area is 377 Å². The summed E-state index contributed by atoms with van der Waals surface area (Å²) in [6, 6.07) is 19.6. The molecular weight excluding hydrogens is 831 g/mol. The summed E-state index contributed by atoms with van der Waals surface area (Å²) in [6.07, 6.45) is 28.9. The number of rotatable bonds is 16. The van der Waals surface area contributed by atoms with Gasteiger partial charge in [0.2, 0.25) is 0 Å². The zero-order valence-electron chi connectivity index (χ0n) is 35.2. The molecule has 58 heavy (non-hydrogen) atoms. The van der Waals surface area contributed by atoms with E-state index in [0.29, 0.717) is 0 Å². The average molecular weight is 902 g/mol. The van der Waals surface area contributed by atoms with Gasteiger partial charge in [-0.3, -0.25) is 0 Å². The summed E-state index contributed by atoms with van der Waals surface area (Å²) in [7, 11) is 4.26. The topological polar surface area (TPSA) is 48.2 Å². The largest absolute Gasteiger partial charge is 0 e. The fourth-order valence-electron chi connectivity index (χ4n) is 5.53. The summed E-state index contributed by atoms with van der Waals surface area (Å²) < 4.78 is 0. The van der Waals surface area contributed by atoms with Gasteiger partial charge in [0.25, 0.3) is 0 Å². The Morgan fingerprint density at radius 3 is 0.914 bits per heavy atom. The number of unbranched alkanes of at least 4 members (excludes halogenated alkanes) is 4. The molecule has 0 unspecified atom stereocenters. The number of anilines is 4. The van der Waals surface area contributed by atoms with E-state index in [4.69, 9.17) is 5.41 Å². The van der Waals surface area contributed by atoms with E-state index in [9.17, 15) is 0 Å². The van der Waals surface area contributed by atoms with E-state index in [0.717, 1.165) is 55.1 Å². The third kappa shape index (κ3) is 19.7. The van der Waals surface area contributed by atoms with Gasteiger partial charge in [0, 0.05) is 16.5 Å². The second-order valence-corrected chi connectivity index (χ2v) is 13.5. The van der Waals surface area contributed by atoms with Crippen molar-refractivity contribution < 1.29 is 31.1 Å². The first-order chi connectivity index (χ1) is 27.4. The molecule has 9 nitrogen and oxygen atoms in total. The van der Waals surface area contributed by atoms with Crippen molar-refractivity contribution in [1.82, 2.24) is 19.6 Å². The quantitative estimate of drug-likeness (QED) is 0.0938. The molecule has 4 heterocycles. The molecule has 2 aromatic carbocycles. The fraction of sp³-hybridized carbons (Fsp3) is 0.457. The van der Waals surface area contributed by atoms with E-state index >= 15 is 0 Å². The third-order valence-corrected chi connectivity index (χ3v) is 8.49. The number of halogens is 1. The SMILES string of the molecule is C.CC=[N-].CCC.CCCCN1C=CN(c2[c-]c(N3C=CN(CCCC)[CH-]3)ccc2)[CH-]1.CCCCN1C=CN(c2[c-]c(N3C=CN(CCCC)[CH-]3)ccc2)[CH-]1.[Cl][Ni].[Ni]. The van der Waals surface area contributed by atoms with Crippen LogP contribution in [-0.4, -0.2) is 52.0 Å². The fourth-order valence-corrected chi connectivity index (χ4v) is 5.53. The van der Waals surface area contributed by atoms with Crippen LogP contribution in [0.15, 0.2) is 86.0 Å². The minimum Gasteiger partial charge on any atom is 0 e. The van der Waals surface area contributed by atoms with Gasteiger partial charge >= 0.3 is 24.8 Å². The first kappa shape index (κ1) is 54.7. The Balaban J connectivity index is 0.000000923. The number of hydrogen-bond acceptors (Lipinski definition) is 8. The normalized spacial score (nSPS) is 14.5. The molecule has 0 fully saturated rings. The van der Waals surface area contributed by atoms with Crippen LogP contribution in [0.1, 0.15) is 114 Å². The average Bonchev–Trinajstić information content (AvgIpc) is 4.08. The molecule has 333 valence electrons. The van der Waals surface area contributed by atoms with Gasteiger partial charge in [0.05, 0.1) is 0 Å². The van der Waals surface area contributed by atoms with Crippen LogP contribution in [0.4, 0.5) is 22.7 Å². The van der Waals surface area contributed by atoms with Crippen molar-refractivity contribution in [3.05, 3.63) is 130 Å². The Kier molecular flexibility index (Phi) is 31.7. The first-order valence-corrected chi connectivity index (χ1v) is 21.7. The van der Waals surface area contributed by atoms with Crippen molar-refractivity contribution in [1.29, 1.82) is 0 Å². The van der Waals surface area contributed by atoms with Gasteiger partial charge in [-0.05, 0) is 101 Å². The summed E-state index contributed by atoms with van der Waals surface area (Å²) >= 11 is 3.35. The van der Waals surface area contributed by atoms with Crippen LogP contribution < -0.4 is 19.6 Å². The minimum absolute atomic E-state index is 0. The summed E-state index contributed by atoms with van der Waals surface area (Å²) in [5.41, 5.74) is 4.27. The Bertz CT molecular complexity index is 1260. The zero-order chi connectivity index (χ0) is 41.0. The van der Waals surface area contributed by atoms with E-state index in [-0.39, 0.29) is 23.9 Å². The maximum absolute atomic E-state index is 7.44. The molecule has 0 bridgehead atoms. The third-order valence-electron chi connectivity index (χ3n) is 8.49. The summed E-state index contributed by atoms with van der Waals surface area (Å²) in [4.78, 5) is 17.5. The van der Waals surface area contributed by atoms with Crippen LogP contribution in [0.25, 0.3) is 5.41 Å². The standard InChI is InChI=1S/2C20H27N4.C3H8.C2H4N.CH4.ClH.2Ni/c2*1-3-5-10-21-12-14-23(17-21)19-8-7-9-20(16-19)24-15-13-22(18-24)11-6-4-2;1-3-2;1-2-3;;;;/h2*7-9,12-15,17-18H,3-6,10-11H2,1-2H3;3H2,1-2H3;2H,1H3;1H4;1H;;/q2*-3;;-1;;;;+1/p-1. The molecule has 4 aliphatic heterocycles. The van der Waals surface area contributed by atoms with Crippen molar-refractivity contribution in [3.63, 3.8) is 0 Å². The molecule has 0 amide bonds. The predicted octanol–water partition coefficient (Wildman–Crippen LogP) is 12.4. The molecule has 6 rings (SSSR count). The Morgan fingerprint density at radius 2 is 0.724 bits per heavy atom. The predicted molar refractivity (Wildman–Crippen MR) is 244 cm³/mol. The summed E-state index contributed by atoms with van der Waals surface area (Å²) in [5, 5.41) is 7.44. The van der Waals surface area contributed by atoms with Crippen molar-refractivity contribution in [2.45, 2.75) is 114 Å². The van der Waals surface area contributed by atoms with E-state index in [1.807, 2.05) is 0 Å². The first-order valence-electron chi connectivity index (χ1n) is 20.3. The molecule has 0 aliphatic carbocycles. The van der Waals surface area contributed by atoms with Crippen molar-refractivity contribution in [2.24, 2.45) is 0 Å².